The number of nitrogens with zero attached hydrogens (tertiary/aromatic N) is 1. The summed E-state index contributed by atoms with van der Waals surface area (Å²) in [6.07, 6.45) is 2.38. The fourth-order valence-electron chi connectivity index (χ4n) is 6.62. The van der Waals surface area contributed by atoms with Crippen LogP contribution in [0.25, 0.3) is 10.9 Å². The highest BCUT2D eigenvalue weighted by Gasteiger charge is 2.70. The fourth-order valence-corrected chi connectivity index (χ4v) is 6.62. The van der Waals surface area contributed by atoms with Crippen LogP contribution in [0.15, 0.2) is 79.0 Å². The number of fused-ring (bicyclic) bond motifs is 5. The summed E-state index contributed by atoms with van der Waals surface area (Å²) in [7, 11) is 0. The van der Waals surface area contributed by atoms with Crippen molar-refractivity contribution in [2.45, 2.75) is 24.9 Å². The van der Waals surface area contributed by atoms with E-state index in [0.29, 0.717) is 29.0 Å². The van der Waals surface area contributed by atoms with E-state index in [2.05, 4.69) is 20.9 Å². The first-order valence-electron chi connectivity index (χ1n) is 12.9. The van der Waals surface area contributed by atoms with Crippen LogP contribution in [0.1, 0.15) is 18.1 Å². The number of benzene rings is 3. The Balaban J connectivity index is 1.33. The largest absolute Gasteiger partial charge is 0.361 e. The van der Waals surface area contributed by atoms with Crippen molar-refractivity contribution in [1.29, 1.82) is 0 Å². The summed E-state index contributed by atoms with van der Waals surface area (Å²) >= 11 is 0. The number of H-pyrrole nitrogens is 1. The Morgan fingerprint density at radius 3 is 2.49 bits per heavy atom. The zero-order valence-electron chi connectivity index (χ0n) is 21.0. The lowest BCUT2D eigenvalue weighted by Gasteiger charge is -2.29. The molecule has 7 rings (SSSR count). The second-order valence-electron chi connectivity index (χ2n) is 10.4. The Hall–Kier alpha value is -4.76. The van der Waals surface area contributed by atoms with Crippen LogP contribution in [0.2, 0.25) is 0 Å². The van der Waals surface area contributed by atoms with E-state index >= 15 is 0 Å². The van der Waals surface area contributed by atoms with Crippen LogP contribution in [-0.2, 0) is 31.1 Å². The molecule has 0 bridgehead atoms. The molecule has 39 heavy (non-hydrogen) atoms. The maximum atomic E-state index is 14.1. The average molecular weight is 520 g/mol. The molecular formula is C30H25N5O4. The summed E-state index contributed by atoms with van der Waals surface area (Å²) in [4.78, 5) is 57.8. The van der Waals surface area contributed by atoms with Gasteiger partial charge in [-0.15, -0.1) is 0 Å². The van der Waals surface area contributed by atoms with E-state index in [9.17, 15) is 19.2 Å². The molecule has 4 N–H and O–H groups in total. The standard InChI is InChI=1S/C30H25N5O4/c1-16(36)32-18-10-12-19(13-11-18)35-27(37)25-24(14-17-15-31-22-8-4-2-6-20(17)22)34-30(26(25)28(35)38)21-7-3-5-9-23(21)33-29(30)39/h2-13,15,24-26,31,34H,14H2,1H3,(H,32,36)(H,33,39)/t24-,25+,26-,30-/m0/s1. The summed E-state index contributed by atoms with van der Waals surface area (Å²) in [6, 6.07) is 21.4. The molecule has 0 unspecified atom stereocenters. The second kappa shape index (κ2) is 8.37. The van der Waals surface area contributed by atoms with Gasteiger partial charge in [-0.3, -0.25) is 24.5 Å². The number of nitrogens with one attached hydrogen (secondary N) is 4. The molecule has 0 aliphatic carbocycles. The van der Waals surface area contributed by atoms with Gasteiger partial charge in [0, 0.05) is 47.0 Å². The number of anilines is 3. The molecule has 3 aliphatic rings. The molecule has 2 fully saturated rings. The highest BCUT2D eigenvalue weighted by atomic mass is 16.2. The molecule has 3 aromatic carbocycles. The van der Waals surface area contributed by atoms with Gasteiger partial charge in [-0.2, -0.15) is 0 Å². The molecule has 3 aliphatic heterocycles. The van der Waals surface area contributed by atoms with Crippen molar-refractivity contribution in [3.05, 3.63) is 90.1 Å². The van der Waals surface area contributed by atoms with E-state index in [1.165, 1.54) is 11.8 Å². The topological polar surface area (TPSA) is 123 Å². The number of aromatic nitrogens is 1. The molecule has 9 nitrogen and oxygen atoms in total. The van der Waals surface area contributed by atoms with Crippen LogP contribution in [0.3, 0.4) is 0 Å². The van der Waals surface area contributed by atoms with Crippen LogP contribution >= 0.6 is 0 Å². The van der Waals surface area contributed by atoms with Gasteiger partial charge in [0.15, 0.2) is 0 Å². The van der Waals surface area contributed by atoms with Crippen molar-refractivity contribution in [3.8, 4) is 0 Å². The van der Waals surface area contributed by atoms with Gasteiger partial charge in [0.25, 0.3) is 0 Å². The van der Waals surface area contributed by atoms with Crippen LogP contribution in [0.4, 0.5) is 17.1 Å². The van der Waals surface area contributed by atoms with Gasteiger partial charge in [0.1, 0.15) is 5.54 Å². The first kappa shape index (κ1) is 23.4. The second-order valence-corrected chi connectivity index (χ2v) is 10.4. The number of amides is 4. The predicted octanol–water partition coefficient (Wildman–Crippen LogP) is 3.29. The molecule has 4 atom stereocenters. The third-order valence-electron chi connectivity index (χ3n) is 8.18. The highest BCUT2D eigenvalue weighted by molar-refractivity contribution is 6.26. The van der Waals surface area contributed by atoms with Gasteiger partial charge in [-0.25, -0.2) is 4.90 Å². The van der Waals surface area contributed by atoms with E-state index in [1.807, 2.05) is 54.7 Å². The lowest BCUT2D eigenvalue weighted by molar-refractivity contribution is -0.130. The van der Waals surface area contributed by atoms with E-state index in [4.69, 9.17) is 0 Å². The predicted molar refractivity (Wildman–Crippen MR) is 146 cm³/mol. The van der Waals surface area contributed by atoms with Crippen LogP contribution in [-0.4, -0.2) is 34.7 Å². The van der Waals surface area contributed by atoms with E-state index in [0.717, 1.165) is 16.5 Å². The summed E-state index contributed by atoms with van der Waals surface area (Å²) < 4.78 is 0. The van der Waals surface area contributed by atoms with Crippen LogP contribution < -0.4 is 20.9 Å². The average Bonchev–Trinajstić information content (AvgIpc) is 3.63. The van der Waals surface area contributed by atoms with Crippen molar-refractivity contribution in [2.24, 2.45) is 11.8 Å². The molecule has 4 heterocycles. The van der Waals surface area contributed by atoms with Gasteiger partial charge in [-0.1, -0.05) is 36.4 Å². The minimum atomic E-state index is -1.37. The normalized spacial score (nSPS) is 25.3. The number of carbonyl (C=O) groups is 4. The maximum Gasteiger partial charge on any atom is 0.250 e. The monoisotopic (exact) mass is 519 g/mol. The van der Waals surface area contributed by atoms with Crippen molar-refractivity contribution in [1.82, 2.24) is 10.3 Å². The summed E-state index contributed by atoms with van der Waals surface area (Å²) in [5.41, 5.74) is 2.90. The molecular weight excluding hydrogens is 494 g/mol. The number of carbonyl (C=O) groups excluding carboxylic acids is 4. The Morgan fingerprint density at radius 1 is 0.949 bits per heavy atom. The van der Waals surface area contributed by atoms with Gasteiger partial charge in [0.05, 0.1) is 17.5 Å². The van der Waals surface area contributed by atoms with Crippen molar-refractivity contribution >= 4 is 51.6 Å². The van der Waals surface area contributed by atoms with Gasteiger partial charge in [0.2, 0.25) is 23.6 Å². The molecule has 4 aromatic rings. The summed E-state index contributed by atoms with van der Waals surface area (Å²) in [6.45, 7) is 1.41. The number of rotatable bonds is 4. The Kier molecular flexibility index (Phi) is 5.02. The molecule has 4 amide bonds. The zero-order valence-corrected chi connectivity index (χ0v) is 21.0. The molecule has 0 saturated carbocycles. The maximum absolute atomic E-state index is 14.1. The quantitative estimate of drug-likeness (QED) is 0.308. The number of para-hydroxylation sites is 2. The molecule has 0 radical (unpaired) electrons. The van der Waals surface area contributed by atoms with Crippen molar-refractivity contribution < 1.29 is 19.2 Å². The number of hydrogen-bond acceptors (Lipinski definition) is 5. The Morgan fingerprint density at radius 2 is 1.69 bits per heavy atom. The molecule has 194 valence electrons. The fraction of sp³-hybridized carbons (Fsp3) is 0.200. The van der Waals surface area contributed by atoms with Gasteiger partial charge >= 0.3 is 0 Å². The zero-order chi connectivity index (χ0) is 26.9. The smallest absolute Gasteiger partial charge is 0.250 e. The first-order chi connectivity index (χ1) is 18.9. The lowest BCUT2D eigenvalue weighted by atomic mass is 9.76. The Bertz CT molecular complexity index is 1690. The molecule has 1 spiro atoms. The minimum Gasteiger partial charge on any atom is -0.361 e. The lowest BCUT2D eigenvalue weighted by Crippen LogP contribution is -2.53. The van der Waals surface area contributed by atoms with Gasteiger partial charge < -0.3 is 15.6 Å². The Labute approximate surface area is 223 Å². The molecule has 1 aromatic heterocycles. The highest BCUT2D eigenvalue weighted by Crippen LogP contribution is 2.54. The van der Waals surface area contributed by atoms with Crippen molar-refractivity contribution in [2.75, 3.05) is 15.5 Å². The van der Waals surface area contributed by atoms with E-state index in [-0.39, 0.29) is 17.7 Å². The summed E-state index contributed by atoms with van der Waals surface area (Å²) in [5.74, 6) is -2.98. The number of imide groups is 1. The first-order valence-corrected chi connectivity index (χ1v) is 12.9. The third-order valence-corrected chi connectivity index (χ3v) is 8.18. The van der Waals surface area contributed by atoms with Crippen LogP contribution in [0, 0.1) is 11.8 Å². The van der Waals surface area contributed by atoms with Gasteiger partial charge in [-0.05, 0) is 48.4 Å². The van der Waals surface area contributed by atoms with Crippen LogP contribution in [0.5, 0.6) is 0 Å². The number of aromatic amines is 1. The molecule has 2 saturated heterocycles. The summed E-state index contributed by atoms with van der Waals surface area (Å²) in [5, 5.41) is 10.2. The van der Waals surface area contributed by atoms with Crippen molar-refractivity contribution in [3.63, 3.8) is 0 Å². The van der Waals surface area contributed by atoms with E-state index < -0.39 is 29.3 Å². The minimum absolute atomic E-state index is 0.218. The van der Waals surface area contributed by atoms with E-state index in [1.54, 1.807) is 24.3 Å². The SMILES string of the molecule is CC(=O)Nc1ccc(N2C(=O)[C@@H]3[C@H](Cc4c[nH]c5ccccc45)N[C@]4(C(=O)Nc5ccccc54)[C@@H]3C2=O)cc1. The number of hydrogen-bond donors (Lipinski definition) is 4. The molecule has 9 heteroatoms. The third kappa shape index (κ3) is 3.29.